The molecule has 2 aromatic rings. The number of ketones is 1. The average Bonchev–Trinajstić information content (AvgIpc) is 2.52. The summed E-state index contributed by atoms with van der Waals surface area (Å²) in [5.41, 5.74) is 2.37. The predicted octanol–water partition coefficient (Wildman–Crippen LogP) is 4.20. The van der Waals surface area contributed by atoms with Gasteiger partial charge in [-0.1, -0.05) is 48.5 Å². The van der Waals surface area contributed by atoms with Crippen molar-refractivity contribution in [3.8, 4) is 0 Å². The molecule has 0 spiro atoms. The average molecular weight is 295 g/mol. The number of carbonyl (C=O) groups excluding carboxylic acids is 1. The van der Waals surface area contributed by atoms with Gasteiger partial charge < -0.3 is 0 Å². The van der Waals surface area contributed by atoms with Crippen molar-refractivity contribution in [2.75, 3.05) is 0 Å². The minimum atomic E-state index is -0.385. The lowest BCUT2D eigenvalue weighted by atomic mass is 9.99. The number of benzene rings is 2. The molecule has 0 aliphatic heterocycles. The van der Waals surface area contributed by atoms with Crippen LogP contribution in [0.4, 0.5) is 5.69 Å². The minimum Gasteiger partial charge on any atom is -0.295 e. The van der Waals surface area contributed by atoms with Gasteiger partial charge in [0, 0.05) is 11.6 Å². The lowest BCUT2D eigenvalue weighted by molar-refractivity contribution is -0.385. The Balaban J connectivity index is 2.19. The third-order valence-corrected chi connectivity index (χ3v) is 3.44. The molecular formula is C18H17NO3. The van der Waals surface area contributed by atoms with Crippen LogP contribution in [0.1, 0.15) is 24.5 Å². The number of nitro groups is 1. The zero-order valence-corrected chi connectivity index (χ0v) is 12.4. The van der Waals surface area contributed by atoms with Crippen molar-refractivity contribution < 1.29 is 9.72 Å². The highest BCUT2D eigenvalue weighted by Crippen LogP contribution is 2.22. The molecule has 0 saturated carbocycles. The molecule has 0 heterocycles. The Morgan fingerprint density at radius 3 is 2.36 bits per heavy atom. The molecule has 2 rings (SSSR count). The maximum Gasteiger partial charge on any atom is 0.272 e. The number of aryl methyl sites for hydroxylation is 1. The molecule has 2 aromatic carbocycles. The number of allylic oxidation sites excluding steroid dienone is 1. The molecule has 4 heteroatoms. The largest absolute Gasteiger partial charge is 0.295 e. The van der Waals surface area contributed by atoms with E-state index in [-0.39, 0.29) is 16.4 Å². The van der Waals surface area contributed by atoms with Crippen LogP contribution < -0.4 is 0 Å². The molecular weight excluding hydrogens is 278 g/mol. The van der Waals surface area contributed by atoms with Crippen LogP contribution in [0.5, 0.6) is 0 Å². The van der Waals surface area contributed by atoms with Gasteiger partial charge in [-0.25, -0.2) is 0 Å². The molecule has 0 amide bonds. The first-order valence-electron chi connectivity index (χ1n) is 7.07. The highest BCUT2D eigenvalue weighted by molar-refractivity contribution is 5.97. The Bertz CT molecular complexity index is 705. The van der Waals surface area contributed by atoms with Crippen LogP contribution in [0, 0.1) is 10.1 Å². The zero-order valence-electron chi connectivity index (χ0n) is 12.4. The fourth-order valence-corrected chi connectivity index (χ4v) is 2.27. The molecule has 0 fully saturated rings. The summed E-state index contributed by atoms with van der Waals surface area (Å²) in [5, 5.41) is 11.0. The molecule has 0 unspecified atom stereocenters. The topological polar surface area (TPSA) is 60.2 Å². The Morgan fingerprint density at radius 2 is 1.73 bits per heavy atom. The number of hydrogen-bond acceptors (Lipinski definition) is 3. The standard InChI is InChI=1S/C18H17NO3/c1-14(20)17(13-15-7-3-2-4-8-15)12-11-16-9-5-6-10-18(16)19(21)22/h2-10,13H,11-12H2,1H3/b17-13-. The fraction of sp³-hybridized carbons (Fsp3) is 0.167. The molecule has 0 saturated heterocycles. The van der Waals surface area contributed by atoms with Crippen LogP contribution in [-0.4, -0.2) is 10.7 Å². The van der Waals surface area contributed by atoms with Crippen LogP contribution in [0.25, 0.3) is 6.08 Å². The van der Waals surface area contributed by atoms with Crippen molar-refractivity contribution in [3.05, 3.63) is 81.4 Å². The fourth-order valence-electron chi connectivity index (χ4n) is 2.27. The van der Waals surface area contributed by atoms with Crippen molar-refractivity contribution in [3.63, 3.8) is 0 Å². The molecule has 0 radical (unpaired) electrons. The molecule has 0 bridgehead atoms. The van der Waals surface area contributed by atoms with Crippen LogP contribution in [0.2, 0.25) is 0 Å². The lowest BCUT2D eigenvalue weighted by Gasteiger charge is -2.05. The number of para-hydroxylation sites is 1. The first-order chi connectivity index (χ1) is 10.6. The minimum absolute atomic E-state index is 0.0116. The number of Topliss-reactive ketones (excluding diaryl/α,β-unsaturated/α-hetero) is 1. The van der Waals surface area contributed by atoms with Crippen molar-refractivity contribution in [2.45, 2.75) is 19.8 Å². The highest BCUT2D eigenvalue weighted by atomic mass is 16.6. The van der Waals surface area contributed by atoms with E-state index in [2.05, 4.69) is 0 Å². The van der Waals surface area contributed by atoms with Gasteiger partial charge in [0.25, 0.3) is 5.69 Å². The second-order valence-electron chi connectivity index (χ2n) is 5.02. The van der Waals surface area contributed by atoms with Crippen molar-refractivity contribution in [2.24, 2.45) is 0 Å². The molecule has 0 aromatic heterocycles. The SMILES string of the molecule is CC(=O)/C(=C\c1ccccc1)CCc1ccccc1[N+](=O)[O-]. The van der Waals surface area contributed by atoms with E-state index in [4.69, 9.17) is 0 Å². The van der Waals surface area contributed by atoms with Gasteiger partial charge in [-0.3, -0.25) is 14.9 Å². The summed E-state index contributed by atoms with van der Waals surface area (Å²) in [7, 11) is 0. The van der Waals surface area contributed by atoms with E-state index >= 15 is 0 Å². The van der Waals surface area contributed by atoms with Crippen molar-refractivity contribution >= 4 is 17.5 Å². The molecule has 0 aliphatic rings. The van der Waals surface area contributed by atoms with Gasteiger partial charge in [-0.15, -0.1) is 0 Å². The first-order valence-corrected chi connectivity index (χ1v) is 7.07. The zero-order chi connectivity index (χ0) is 15.9. The number of nitro benzene ring substituents is 1. The van der Waals surface area contributed by atoms with Gasteiger partial charge >= 0.3 is 0 Å². The van der Waals surface area contributed by atoms with Crippen molar-refractivity contribution in [1.29, 1.82) is 0 Å². The van der Waals surface area contributed by atoms with Crippen LogP contribution in [0.15, 0.2) is 60.2 Å². The molecule has 0 aliphatic carbocycles. The Hall–Kier alpha value is -2.75. The number of carbonyl (C=O) groups is 1. The number of nitrogens with zero attached hydrogens (tertiary/aromatic N) is 1. The maximum atomic E-state index is 11.8. The third kappa shape index (κ3) is 4.12. The quantitative estimate of drug-likeness (QED) is 0.456. The van der Waals surface area contributed by atoms with Crippen molar-refractivity contribution in [1.82, 2.24) is 0 Å². The number of hydrogen-bond donors (Lipinski definition) is 0. The third-order valence-electron chi connectivity index (χ3n) is 3.44. The molecule has 112 valence electrons. The van der Waals surface area contributed by atoms with Gasteiger partial charge in [-0.05, 0) is 37.0 Å². The van der Waals surface area contributed by atoms with Gasteiger partial charge in [0.2, 0.25) is 0 Å². The normalized spacial score (nSPS) is 11.2. The van der Waals surface area contributed by atoms with Crippen LogP contribution in [0.3, 0.4) is 0 Å². The summed E-state index contributed by atoms with van der Waals surface area (Å²) in [6, 6.07) is 16.2. The van der Waals surface area contributed by atoms with E-state index in [0.29, 0.717) is 24.0 Å². The Kier molecular flexibility index (Phi) is 5.20. The van der Waals surface area contributed by atoms with E-state index < -0.39 is 0 Å². The maximum absolute atomic E-state index is 11.8. The molecule has 22 heavy (non-hydrogen) atoms. The summed E-state index contributed by atoms with van der Waals surface area (Å²) in [5.74, 6) is -0.0116. The smallest absolute Gasteiger partial charge is 0.272 e. The Labute approximate surface area is 129 Å². The molecule has 0 N–H and O–H groups in total. The summed E-state index contributed by atoms with van der Waals surface area (Å²) < 4.78 is 0. The van der Waals surface area contributed by atoms with E-state index in [0.717, 1.165) is 5.56 Å². The molecule has 4 nitrogen and oxygen atoms in total. The molecule has 0 atom stereocenters. The highest BCUT2D eigenvalue weighted by Gasteiger charge is 2.13. The van der Waals surface area contributed by atoms with Gasteiger partial charge in [-0.2, -0.15) is 0 Å². The monoisotopic (exact) mass is 295 g/mol. The Morgan fingerprint density at radius 1 is 1.09 bits per heavy atom. The summed E-state index contributed by atoms with van der Waals surface area (Å²) in [4.78, 5) is 22.4. The second kappa shape index (κ2) is 7.31. The van der Waals surface area contributed by atoms with Gasteiger partial charge in [0.15, 0.2) is 5.78 Å². The predicted molar refractivity (Wildman–Crippen MR) is 86.5 cm³/mol. The van der Waals surface area contributed by atoms with E-state index in [1.54, 1.807) is 18.2 Å². The number of rotatable bonds is 6. The van der Waals surface area contributed by atoms with E-state index in [1.165, 1.54) is 13.0 Å². The van der Waals surface area contributed by atoms with E-state index in [1.807, 2.05) is 36.4 Å². The summed E-state index contributed by atoms with van der Waals surface area (Å²) in [6.45, 7) is 1.52. The second-order valence-corrected chi connectivity index (χ2v) is 5.02. The van der Waals surface area contributed by atoms with Crippen LogP contribution in [-0.2, 0) is 11.2 Å². The summed E-state index contributed by atoms with van der Waals surface area (Å²) >= 11 is 0. The summed E-state index contributed by atoms with van der Waals surface area (Å²) in [6.07, 6.45) is 2.79. The lowest BCUT2D eigenvalue weighted by Crippen LogP contribution is -2.01. The van der Waals surface area contributed by atoms with Gasteiger partial charge in [0.05, 0.1) is 4.92 Å². The van der Waals surface area contributed by atoms with Crippen LogP contribution >= 0.6 is 0 Å². The first kappa shape index (κ1) is 15.6. The van der Waals surface area contributed by atoms with Gasteiger partial charge in [0.1, 0.15) is 0 Å². The van der Waals surface area contributed by atoms with E-state index in [9.17, 15) is 14.9 Å².